The molecule has 3 nitrogen and oxygen atoms in total. The van der Waals surface area contributed by atoms with E-state index in [-0.39, 0.29) is 17.0 Å². The van der Waals surface area contributed by atoms with Crippen molar-refractivity contribution < 1.29 is 18.3 Å². The minimum atomic E-state index is -4.49. The maximum absolute atomic E-state index is 12.4. The van der Waals surface area contributed by atoms with E-state index in [1.165, 1.54) is 12.1 Å². The van der Waals surface area contributed by atoms with Crippen LogP contribution in [0.15, 0.2) is 24.4 Å². The maximum atomic E-state index is 12.4. The van der Waals surface area contributed by atoms with E-state index in [0.717, 1.165) is 16.7 Å². The number of halogens is 3. The van der Waals surface area contributed by atoms with Crippen LogP contribution in [0.4, 0.5) is 13.2 Å². The van der Waals surface area contributed by atoms with Gasteiger partial charge in [0.05, 0.1) is 16.6 Å². The Morgan fingerprint density at radius 3 is 2.56 bits per heavy atom. The number of nitrogens with zero attached hydrogens (tertiary/aromatic N) is 2. The lowest BCUT2D eigenvalue weighted by atomic mass is 10.2. The molecule has 0 amide bonds. The summed E-state index contributed by atoms with van der Waals surface area (Å²) in [7, 11) is 0. The number of nitriles is 1. The summed E-state index contributed by atoms with van der Waals surface area (Å²) in [5, 5.41) is 18.1. The Morgan fingerprint density at radius 1 is 1.31 bits per heavy atom. The normalized spacial score (nSPS) is 11.6. The number of pyridine rings is 1. The Kier molecular flexibility index (Phi) is 2.05. The standard InChI is InChI=1S/C10H5F3N2O/c11-10(12,13)7-3-8-6(4-14)1-2-9(16)15(8)5-7/h1-3,5,16H. The van der Waals surface area contributed by atoms with E-state index < -0.39 is 11.7 Å². The van der Waals surface area contributed by atoms with Crippen molar-refractivity contribution in [1.82, 2.24) is 4.40 Å². The second kappa shape index (κ2) is 3.17. The lowest BCUT2D eigenvalue weighted by Crippen LogP contribution is -2.02. The minimum absolute atomic E-state index is 0.0369. The van der Waals surface area contributed by atoms with Gasteiger partial charge in [-0.3, -0.25) is 4.40 Å². The first kappa shape index (κ1) is 10.4. The van der Waals surface area contributed by atoms with E-state index in [0.29, 0.717) is 0 Å². The summed E-state index contributed by atoms with van der Waals surface area (Å²) in [4.78, 5) is 0. The third-order valence-electron chi connectivity index (χ3n) is 2.19. The molecule has 0 aromatic carbocycles. The van der Waals surface area contributed by atoms with E-state index in [2.05, 4.69) is 0 Å². The van der Waals surface area contributed by atoms with E-state index in [9.17, 15) is 18.3 Å². The highest BCUT2D eigenvalue weighted by molar-refractivity contribution is 5.64. The van der Waals surface area contributed by atoms with Crippen molar-refractivity contribution in [2.75, 3.05) is 0 Å². The molecule has 0 unspecified atom stereocenters. The van der Waals surface area contributed by atoms with Gasteiger partial charge in [-0.15, -0.1) is 0 Å². The summed E-state index contributed by atoms with van der Waals surface area (Å²) in [6.07, 6.45) is -3.74. The summed E-state index contributed by atoms with van der Waals surface area (Å²) >= 11 is 0. The van der Waals surface area contributed by atoms with Crippen molar-refractivity contribution in [1.29, 1.82) is 5.26 Å². The van der Waals surface area contributed by atoms with Crippen LogP contribution in [0.1, 0.15) is 11.1 Å². The summed E-state index contributed by atoms with van der Waals surface area (Å²) in [5.74, 6) is -0.343. The quantitative estimate of drug-likeness (QED) is 0.750. The number of rotatable bonds is 0. The number of fused-ring (bicyclic) bond motifs is 1. The van der Waals surface area contributed by atoms with Gasteiger partial charge in [0, 0.05) is 6.20 Å². The highest BCUT2D eigenvalue weighted by Crippen LogP contribution is 2.32. The number of hydrogen-bond donors (Lipinski definition) is 1. The van der Waals surface area contributed by atoms with Crippen LogP contribution in [0.5, 0.6) is 5.88 Å². The molecule has 0 aliphatic rings. The monoisotopic (exact) mass is 226 g/mol. The zero-order chi connectivity index (χ0) is 11.9. The Bertz CT molecular complexity index is 592. The zero-order valence-electron chi connectivity index (χ0n) is 7.78. The molecular formula is C10H5F3N2O. The van der Waals surface area contributed by atoms with Gasteiger partial charge in [0.2, 0.25) is 0 Å². The first-order valence-corrected chi connectivity index (χ1v) is 4.25. The molecule has 1 N–H and O–H groups in total. The average Bonchev–Trinajstić information content (AvgIpc) is 2.63. The van der Waals surface area contributed by atoms with Gasteiger partial charge in [-0.2, -0.15) is 18.4 Å². The van der Waals surface area contributed by atoms with E-state index in [1.807, 2.05) is 0 Å². The molecule has 0 fully saturated rings. The van der Waals surface area contributed by atoms with E-state index >= 15 is 0 Å². The van der Waals surface area contributed by atoms with Crippen LogP contribution in [0.3, 0.4) is 0 Å². The van der Waals surface area contributed by atoms with Crippen molar-refractivity contribution in [2.24, 2.45) is 0 Å². The molecule has 6 heteroatoms. The zero-order valence-corrected chi connectivity index (χ0v) is 7.78. The minimum Gasteiger partial charge on any atom is -0.494 e. The topological polar surface area (TPSA) is 48.4 Å². The van der Waals surface area contributed by atoms with Gasteiger partial charge < -0.3 is 5.11 Å². The highest BCUT2D eigenvalue weighted by Gasteiger charge is 2.32. The van der Waals surface area contributed by atoms with E-state index in [4.69, 9.17) is 5.26 Å². The molecule has 0 bridgehead atoms. The average molecular weight is 226 g/mol. The van der Waals surface area contributed by atoms with Gasteiger partial charge in [-0.05, 0) is 18.2 Å². The first-order chi connectivity index (χ1) is 7.43. The molecule has 82 valence electrons. The van der Waals surface area contributed by atoms with Crippen molar-refractivity contribution in [2.45, 2.75) is 6.18 Å². The van der Waals surface area contributed by atoms with Crippen molar-refractivity contribution in [3.63, 3.8) is 0 Å². The molecule has 0 aliphatic heterocycles. The molecule has 2 aromatic rings. The second-order valence-corrected chi connectivity index (χ2v) is 3.20. The molecular weight excluding hydrogens is 221 g/mol. The van der Waals surface area contributed by atoms with Crippen LogP contribution < -0.4 is 0 Å². The number of alkyl halides is 3. The van der Waals surface area contributed by atoms with Crippen molar-refractivity contribution >= 4 is 5.52 Å². The van der Waals surface area contributed by atoms with Crippen LogP contribution >= 0.6 is 0 Å². The molecule has 0 atom stereocenters. The number of hydrogen-bond acceptors (Lipinski definition) is 2. The van der Waals surface area contributed by atoms with Gasteiger partial charge in [0.25, 0.3) is 0 Å². The fraction of sp³-hybridized carbons (Fsp3) is 0.100. The first-order valence-electron chi connectivity index (χ1n) is 4.25. The van der Waals surface area contributed by atoms with Crippen LogP contribution in [0.25, 0.3) is 5.52 Å². The fourth-order valence-electron chi connectivity index (χ4n) is 1.43. The molecule has 0 spiro atoms. The summed E-state index contributed by atoms with van der Waals surface area (Å²) < 4.78 is 38.2. The molecule has 0 saturated heterocycles. The van der Waals surface area contributed by atoms with Gasteiger partial charge in [0.15, 0.2) is 5.88 Å². The summed E-state index contributed by atoms with van der Waals surface area (Å²) in [6, 6.07) is 5.04. The predicted octanol–water partition coefficient (Wildman–Crippen LogP) is 2.54. The fourth-order valence-corrected chi connectivity index (χ4v) is 1.43. The van der Waals surface area contributed by atoms with Gasteiger partial charge in [0.1, 0.15) is 6.07 Å². The third kappa shape index (κ3) is 1.46. The Morgan fingerprint density at radius 2 is 2.00 bits per heavy atom. The Balaban J connectivity index is 2.80. The highest BCUT2D eigenvalue weighted by atomic mass is 19.4. The predicted molar refractivity (Wildman–Crippen MR) is 48.8 cm³/mol. The van der Waals surface area contributed by atoms with Crippen molar-refractivity contribution in [3.05, 3.63) is 35.5 Å². The Hall–Kier alpha value is -2.16. The molecule has 16 heavy (non-hydrogen) atoms. The van der Waals surface area contributed by atoms with Crippen molar-refractivity contribution in [3.8, 4) is 11.9 Å². The van der Waals surface area contributed by atoms with Gasteiger partial charge >= 0.3 is 6.18 Å². The number of aromatic nitrogens is 1. The van der Waals surface area contributed by atoms with Gasteiger partial charge in [-0.25, -0.2) is 0 Å². The van der Waals surface area contributed by atoms with Gasteiger partial charge in [-0.1, -0.05) is 0 Å². The number of aromatic hydroxyl groups is 1. The molecule has 2 aromatic heterocycles. The summed E-state index contributed by atoms with van der Waals surface area (Å²) in [5.41, 5.74) is -0.784. The lowest BCUT2D eigenvalue weighted by molar-refractivity contribution is -0.137. The Labute approximate surface area is 88.0 Å². The summed E-state index contributed by atoms with van der Waals surface area (Å²) in [6.45, 7) is 0. The SMILES string of the molecule is N#Cc1ccc(O)n2cc(C(F)(F)F)cc12. The van der Waals surface area contributed by atoms with E-state index in [1.54, 1.807) is 6.07 Å². The van der Waals surface area contributed by atoms with Crippen LogP contribution in [-0.2, 0) is 6.18 Å². The molecule has 2 rings (SSSR count). The second-order valence-electron chi connectivity index (χ2n) is 3.20. The maximum Gasteiger partial charge on any atom is 0.417 e. The third-order valence-corrected chi connectivity index (χ3v) is 2.19. The molecule has 0 radical (unpaired) electrons. The smallest absolute Gasteiger partial charge is 0.417 e. The molecule has 2 heterocycles. The molecule has 0 saturated carbocycles. The largest absolute Gasteiger partial charge is 0.494 e. The van der Waals surface area contributed by atoms with Crippen LogP contribution in [-0.4, -0.2) is 9.51 Å². The van der Waals surface area contributed by atoms with Crippen LogP contribution in [0.2, 0.25) is 0 Å². The molecule has 0 aliphatic carbocycles. The lowest BCUT2D eigenvalue weighted by Gasteiger charge is -2.00. The van der Waals surface area contributed by atoms with Crippen LogP contribution in [0, 0.1) is 11.3 Å².